The fourth-order valence-corrected chi connectivity index (χ4v) is 3.03. The third-order valence-electron chi connectivity index (χ3n) is 3.70. The molecule has 3 aromatic carbocycles. The summed E-state index contributed by atoms with van der Waals surface area (Å²) in [7, 11) is 0. The topological polar surface area (TPSA) is 89.5 Å². The molecule has 0 saturated carbocycles. The number of rotatable bonds is 5. The van der Waals surface area contributed by atoms with Crippen molar-refractivity contribution in [1.82, 2.24) is 0 Å². The monoisotopic (exact) mass is 391 g/mol. The predicted octanol–water partition coefficient (Wildman–Crippen LogP) is 5.35. The zero-order chi connectivity index (χ0) is 19.9. The van der Waals surface area contributed by atoms with Crippen molar-refractivity contribution in [2.75, 3.05) is 4.90 Å². The van der Waals surface area contributed by atoms with Gasteiger partial charge in [-0.15, -0.1) is 0 Å². The van der Waals surface area contributed by atoms with Gasteiger partial charge in [-0.25, -0.2) is 0 Å². The molecule has 0 atom stereocenters. The van der Waals surface area contributed by atoms with Crippen molar-refractivity contribution in [3.63, 3.8) is 0 Å². The summed E-state index contributed by atoms with van der Waals surface area (Å²) in [6, 6.07) is 25.5. The van der Waals surface area contributed by atoms with Gasteiger partial charge in [0.2, 0.25) is 0 Å². The first-order valence-electron chi connectivity index (χ1n) is 8.07. The highest BCUT2D eigenvalue weighted by Gasteiger charge is 2.19. The normalized spacial score (nSPS) is 9.86. The molecule has 0 heterocycles. The molecule has 0 fully saturated rings. The molecule has 0 spiro atoms. The van der Waals surface area contributed by atoms with Gasteiger partial charge in [0.05, 0.1) is 32.2 Å². The molecule has 28 heavy (non-hydrogen) atoms. The molecular weight excluding hydrogens is 378 g/mol. The van der Waals surface area contributed by atoms with E-state index in [1.165, 1.54) is 12.1 Å². The van der Waals surface area contributed by atoms with Gasteiger partial charge >= 0.3 is 0 Å². The molecule has 138 valence electrons. The summed E-state index contributed by atoms with van der Waals surface area (Å²) in [6.45, 7) is 0. The number of thioether (sulfide) groups is 1. The molecule has 0 aliphatic rings. The molecule has 0 radical (unpaired) electrons. The van der Waals surface area contributed by atoms with E-state index in [9.17, 15) is 20.2 Å². The lowest BCUT2D eigenvalue weighted by atomic mass is 10.2. The predicted molar refractivity (Wildman–Crippen MR) is 108 cm³/mol. The van der Waals surface area contributed by atoms with Gasteiger partial charge in [0, 0.05) is 12.1 Å². The molecule has 0 aromatic heterocycles. The first-order valence-corrected chi connectivity index (χ1v) is 8.88. The lowest BCUT2D eigenvalue weighted by Gasteiger charge is -2.17. The van der Waals surface area contributed by atoms with Gasteiger partial charge in [0.1, 0.15) is 0 Å². The standard InChI is InChI=1S/C20H13N3O4S/c24-22(25)18-11-12-20(19(15-18)23(26)27)28-14-13-21(16-7-3-1-4-8-16)17-9-5-2-6-10-17/h1-12,15H. The Morgan fingerprint density at radius 3 is 1.86 bits per heavy atom. The maximum Gasteiger partial charge on any atom is 0.290 e. The van der Waals surface area contributed by atoms with E-state index in [1.54, 1.807) is 4.90 Å². The molecule has 0 aliphatic carbocycles. The Labute approximate surface area is 164 Å². The van der Waals surface area contributed by atoms with E-state index in [0.717, 1.165) is 29.2 Å². The number of benzene rings is 3. The van der Waals surface area contributed by atoms with Crippen LogP contribution in [0.3, 0.4) is 0 Å². The SMILES string of the molecule is O=[N+]([O-])c1ccc(SC#CN(c2ccccc2)c2ccccc2)c([N+](=O)[O-])c1. The van der Waals surface area contributed by atoms with Crippen molar-refractivity contribution in [2.45, 2.75) is 4.90 Å². The molecule has 0 bridgehead atoms. The van der Waals surface area contributed by atoms with Crippen molar-refractivity contribution in [3.05, 3.63) is 99.1 Å². The summed E-state index contributed by atoms with van der Waals surface area (Å²) in [5.74, 6) is 0. The highest BCUT2D eigenvalue weighted by atomic mass is 32.2. The second-order valence-electron chi connectivity index (χ2n) is 5.49. The lowest BCUT2D eigenvalue weighted by molar-refractivity contribution is -0.396. The summed E-state index contributed by atoms with van der Waals surface area (Å²) in [4.78, 5) is 22.8. The Balaban J connectivity index is 1.93. The summed E-state index contributed by atoms with van der Waals surface area (Å²) >= 11 is 0.946. The number of nitrogens with zero attached hydrogens (tertiary/aromatic N) is 3. The van der Waals surface area contributed by atoms with Crippen LogP contribution in [0.15, 0.2) is 83.8 Å². The van der Waals surface area contributed by atoms with Gasteiger partial charge in [-0.05, 0) is 47.3 Å². The Morgan fingerprint density at radius 1 is 0.786 bits per heavy atom. The van der Waals surface area contributed by atoms with E-state index in [-0.39, 0.29) is 16.3 Å². The van der Waals surface area contributed by atoms with Crippen LogP contribution in [0.25, 0.3) is 0 Å². The molecule has 3 aromatic rings. The maximum atomic E-state index is 11.2. The Bertz CT molecular complexity index is 1020. The quantitative estimate of drug-likeness (QED) is 0.191. The van der Waals surface area contributed by atoms with E-state index < -0.39 is 9.85 Å². The molecule has 0 amide bonds. The number of anilines is 2. The molecular formula is C20H13N3O4S. The number of nitro groups is 2. The van der Waals surface area contributed by atoms with Crippen molar-refractivity contribution >= 4 is 34.5 Å². The number of hydrogen-bond acceptors (Lipinski definition) is 6. The van der Waals surface area contributed by atoms with Gasteiger partial charge in [0.25, 0.3) is 11.4 Å². The van der Waals surface area contributed by atoms with E-state index in [4.69, 9.17) is 0 Å². The third-order valence-corrected chi connectivity index (χ3v) is 4.46. The number of para-hydroxylation sites is 2. The molecule has 7 nitrogen and oxygen atoms in total. The van der Waals surface area contributed by atoms with Gasteiger partial charge in [-0.1, -0.05) is 36.4 Å². The summed E-state index contributed by atoms with van der Waals surface area (Å²) < 4.78 is 0. The average Bonchev–Trinajstić information content (AvgIpc) is 2.72. The molecule has 0 saturated heterocycles. The largest absolute Gasteiger partial charge is 0.290 e. The summed E-state index contributed by atoms with van der Waals surface area (Å²) in [6.07, 6.45) is 0. The minimum Gasteiger partial charge on any atom is -0.269 e. The fraction of sp³-hybridized carbons (Fsp3) is 0. The van der Waals surface area contributed by atoms with Crippen LogP contribution in [-0.2, 0) is 0 Å². The Morgan fingerprint density at radius 2 is 1.36 bits per heavy atom. The van der Waals surface area contributed by atoms with Crippen molar-refractivity contribution in [1.29, 1.82) is 0 Å². The summed E-state index contributed by atoms with van der Waals surface area (Å²) in [5.41, 5.74) is 1.01. The number of hydrogen-bond donors (Lipinski definition) is 0. The zero-order valence-electron chi connectivity index (χ0n) is 14.4. The molecule has 0 aliphatic heterocycles. The minimum absolute atomic E-state index is 0.240. The van der Waals surface area contributed by atoms with Crippen LogP contribution in [0.5, 0.6) is 0 Å². The average molecular weight is 391 g/mol. The molecule has 0 unspecified atom stereocenters. The van der Waals surface area contributed by atoms with E-state index in [1.807, 2.05) is 60.7 Å². The first kappa shape index (κ1) is 18.9. The van der Waals surface area contributed by atoms with E-state index in [2.05, 4.69) is 11.3 Å². The van der Waals surface area contributed by atoms with Crippen LogP contribution < -0.4 is 4.90 Å². The second-order valence-corrected chi connectivity index (χ2v) is 6.34. The van der Waals surface area contributed by atoms with Crippen molar-refractivity contribution in [3.8, 4) is 11.3 Å². The fourth-order valence-electron chi connectivity index (χ4n) is 2.40. The minimum atomic E-state index is -0.667. The second kappa shape index (κ2) is 8.70. The van der Waals surface area contributed by atoms with E-state index >= 15 is 0 Å². The smallest absolute Gasteiger partial charge is 0.269 e. The zero-order valence-corrected chi connectivity index (χ0v) is 15.2. The van der Waals surface area contributed by atoms with Crippen LogP contribution in [-0.4, -0.2) is 9.85 Å². The molecule has 3 rings (SSSR count). The highest BCUT2D eigenvalue weighted by Crippen LogP contribution is 2.32. The maximum absolute atomic E-state index is 11.2. The van der Waals surface area contributed by atoms with Crippen LogP contribution >= 0.6 is 11.8 Å². The Kier molecular flexibility index (Phi) is 5.89. The third kappa shape index (κ3) is 4.47. The molecule has 8 heteroatoms. The van der Waals surface area contributed by atoms with Crippen molar-refractivity contribution in [2.24, 2.45) is 0 Å². The van der Waals surface area contributed by atoms with Gasteiger partial charge in [0.15, 0.2) is 0 Å². The lowest BCUT2D eigenvalue weighted by Crippen LogP contribution is -2.08. The molecule has 0 N–H and O–H groups in total. The van der Waals surface area contributed by atoms with Crippen molar-refractivity contribution < 1.29 is 9.85 Å². The summed E-state index contributed by atoms with van der Waals surface area (Å²) in [5, 5.41) is 25.0. The highest BCUT2D eigenvalue weighted by molar-refractivity contribution is 8.04. The van der Waals surface area contributed by atoms with Gasteiger partial charge in [-0.3, -0.25) is 25.1 Å². The van der Waals surface area contributed by atoms with Crippen LogP contribution in [0, 0.1) is 31.5 Å². The first-order chi connectivity index (χ1) is 13.6. The number of non-ortho nitro benzene ring substituents is 1. The van der Waals surface area contributed by atoms with Gasteiger partial charge < -0.3 is 0 Å². The van der Waals surface area contributed by atoms with Crippen LogP contribution in [0.2, 0.25) is 0 Å². The Hall–Kier alpha value is -3.83. The van der Waals surface area contributed by atoms with E-state index in [0.29, 0.717) is 0 Å². The van der Waals surface area contributed by atoms with Crippen LogP contribution in [0.1, 0.15) is 0 Å². The number of nitro benzene ring substituents is 2. The van der Waals surface area contributed by atoms with Gasteiger partial charge in [-0.2, -0.15) is 0 Å². The van der Waals surface area contributed by atoms with Crippen LogP contribution in [0.4, 0.5) is 22.7 Å².